The first-order chi connectivity index (χ1) is 18.3. The molecule has 192 valence electrons. The second-order valence-electron chi connectivity index (χ2n) is 8.62. The van der Waals surface area contributed by atoms with Gasteiger partial charge in [-0.3, -0.25) is 9.59 Å². The van der Waals surface area contributed by atoms with Gasteiger partial charge < -0.3 is 16.0 Å². The van der Waals surface area contributed by atoms with Crippen molar-refractivity contribution in [3.05, 3.63) is 116 Å². The van der Waals surface area contributed by atoms with Crippen LogP contribution in [0.2, 0.25) is 10.0 Å². The Morgan fingerprint density at radius 1 is 0.974 bits per heavy atom. The summed E-state index contributed by atoms with van der Waals surface area (Å²) in [6.45, 7) is 3.67. The first kappa shape index (κ1) is 27.3. The van der Waals surface area contributed by atoms with E-state index in [-0.39, 0.29) is 17.6 Å². The Labute approximate surface area is 235 Å². The molecule has 0 radical (unpaired) electrons. The zero-order valence-corrected chi connectivity index (χ0v) is 23.0. The number of carbonyl (C=O) groups is 2. The molecule has 3 N–H and O–H groups in total. The average Bonchev–Trinajstić information content (AvgIpc) is 2.90. The second-order valence-corrected chi connectivity index (χ2v) is 10.5. The van der Waals surface area contributed by atoms with Gasteiger partial charge in [0, 0.05) is 32.7 Å². The number of dihydropyridines is 1. The lowest BCUT2D eigenvalue weighted by Crippen LogP contribution is -2.31. The highest BCUT2D eigenvalue weighted by Crippen LogP contribution is 2.41. The largest absolute Gasteiger partial charge is 0.353 e. The fourth-order valence-corrected chi connectivity index (χ4v) is 5.24. The summed E-state index contributed by atoms with van der Waals surface area (Å²) >= 11 is 13.4. The zero-order valence-electron chi connectivity index (χ0n) is 20.6. The summed E-state index contributed by atoms with van der Waals surface area (Å²) < 4.78 is 0. The van der Waals surface area contributed by atoms with Crippen LogP contribution in [0.25, 0.3) is 0 Å². The Morgan fingerprint density at radius 2 is 1.66 bits per heavy atom. The van der Waals surface area contributed by atoms with Gasteiger partial charge in [-0.25, -0.2) is 0 Å². The molecule has 1 atom stereocenters. The van der Waals surface area contributed by atoms with Crippen LogP contribution in [0.3, 0.4) is 0 Å². The van der Waals surface area contributed by atoms with E-state index in [1.54, 1.807) is 43.3 Å². The average molecular weight is 564 g/mol. The number of carbonyl (C=O) groups excluding carboxylic acids is 2. The molecule has 3 aromatic carbocycles. The molecule has 0 spiro atoms. The minimum atomic E-state index is -0.615. The number of hydrogen-bond acceptors (Lipinski definition) is 5. The van der Waals surface area contributed by atoms with Gasteiger partial charge in [0.25, 0.3) is 5.91 Å². The highest BCUT2D eigenvalue weighted by molar-refractivity contribution is 8.03. The SMILES string of the molecule is CC1=C(C(=O)Nc2ccc(Cl)cc2)[C@H](c2ccccc2)C(C#N)=C(SCC(=O)Nc2ccc(C)c(Cl)c2)N1. The molecule has 0 saturated carbocycles. The monoisotopic (exact) mass is 562 g/mol. The smallest absolute Gasteiger partial charge is 0.254 e. The fraction of sp³-hybridized carbons (Fsp3) is 0.138. The molecule has 0 saturated heterocycles. The van der Waals surface area contributed by atoms with Gasteiger partial charge in [-0.2, -0.15) is 5.26 Å². The standard InChI is InChI=1S/C29H24Cl2N4O2S/c1-17-8-11-22(14-24(17)31)34-25(36)16-38-29-23(15-32)27(19-6-4-3-5-7-19)26(18(2)33-29)28(37)35-21-12-9-20(30)10-13-21/h3-14,27,33H,16H2,1-2H3,(H,34,36)(H,35,37)/t27-/m1/s1. The molecule has 38 heavy (non-hydrogen) atoms. The number of benzene rings is 3. The molecular weight excluding hydrogens is 539 g/mol. The lowest BCUT2D eigenvalue weighted by molar-refractivity contribution is -0.114. The van der Waals surface area contributed by atoms with Crippen LogP contribution in [0.4, 0.5) is 11.4 Å². The Morgan fingerprint density at radius 3 is 2.32 bits per heavy atom. The number of thioether (sulfide) groups is 1. The number of nitrogens with one attached hydrogen (secondary N) is 3. The van der Waals surface area contributed by atoms with Crippen LogP contribution in [0.5, 0.6) is 0 Å². The minimum absolute atomic E-state index is 0.0557. The van der Waals surface area contributed by atoms with Crippen molar-refractivity contribution >= 4 is 58.2 Å². The molecule has 3 aromatic rings. The summed E-state index contributed by atoms with van der Waals surface area (Å²) in [6.07, 6.45) is 0. The summed E-state index contributed by atoms with van der Waals surface area (Å²) in [7, 11) is 0. The highest BCUT2D eigenvalue weighted by atomic mass is 35.5. The number of nitrogens with zero attached hydrogens (tertiary/aromatic N) is 1. The molecule has 0 aliphatic carbocycles. The zero-order chi connectivity index (χ0) is 27.2. The van der Waals surface area contributed by atoms with Crippen LogP contribution in [0.1, 0.15) is 24.0 Å². The molecule has 4 rings (SSSR count). The van der Waals surface area contributed by atoms with E-state index in [0.29, 0.717) is 43.3 Å². The number of aryl methyl sites for hydroxylation is 1. The molecule has 6 nitrogen and oxygen atoms in total. The van der Waals surface area contributed by atoms with Crippen molar-refractivity contribution in [3.63, 3.8) is 0 Å². The van der Waals surface area contributed by atoms with Crippen LogP contribution in [-0.2, 0) is 9.59 Å². The summed E-state index contributed by atoms with van der Waals surface area (Å²) in [4.78, 5) is 26.2. The van der Waals surface area contributed by atoms with Crippen LogP contribution < -0.4 is 16.0 Å². The van der Waals surface area contributed by atoms with E-state index < -0.39 is 5.92 Å². The number of hydrogen-bond donors (Lipinski definition) is 3. The third kappa shape index (κ3) is 6.40. The van der Waals surface area contributed by atoms with E-state index in [9.17, 15) is 14.9 Å². The first-order valence-corrected chi connectivity index (χ1v) is 13.4. The summed E-state index contributed by atoms with van der Waals surface area (Å²) in [5.74, 6) is -1.14. The van der Waals surface area contributed by atoms with Crippen molar-refractivity contribution in [1.29, 1.82) is 5.26 Å². The van der Waals surface area contributed by atoms with Crippen molar-refractivity contribution in [3.8, 4) is 6.07 Å². The fourth-order valence-electron chi connectivity index (χ4n) is 4.04. The van der Waals surface area contributed by atoms with Crippen molar-refractivity contribution in [2.45, 2.75) is 19.8 Å². The van der Waals surface area contributed by atoms with Gasteiger partial charge >= 0.3 is 0 Å². The maximum atomic E-state index is 13.5. The van der Waals surface area contributed by atoms with Gasteiger partial charge in [0.05, 0.1) is 28.3 Å². The molecule has 0 unspecified atom stereocenters. The molecule has 1 aliphatic heterocycles. The van der Waals surface area contributed by atoms with Crippen molar-refractivity contribution in [2.24, 2.45) is 0 Å². The molecule has 0 bridgehead atoms. The van der Waals surface area contributed by atoms with Gasteiger partial charge in [0.2, 0.25) is 5.91 Å². The number of rotatable bonds is 7. The summed E-state index contributed by atoms with van der Waals surface area (Å²) in [6, 6.07) is 23.8. The first-order valence-electron chi connectivity index (χ1n) is 11.7. The Kier molecular flexibility index (Phi) is 8.80. The van der Waals surface area contributed by atoms with E-state index in [1.807, 2.05) is 43.3 Å². The molecule has 2 amide bonds. The van der Waals surface area contributed by atoms with E-state index in [1.165, 1.54) is 11.8 Å². The van der Waals surface area contributed by atoms with Crippen LogP contribution in [0.15, 0.2) is 94.7 Å². The summed E-state index contributed by atoms with van der Waals surface area (Å²) in [5, 5.41) is 20.8. The normalized spacial score (nSPS) is 15.0. The number of anilines is 2. The number of nitriles is 1. The number of halogens is 2. The second kappa shape index (κ2) is 12.2. The Hall–Kier alpha value is -3.70. The third-order valence-corrected chi connectivity index (χ3v) is 7.61. The molecular formula is C29H24Cl2N4O2S. The number of amides is 2. The quantitative estimate of drug-likeness (QED) is 0.288. The van der Waals surface area contributed by atoms with Crippen LogP contribution in [0, 0.1) is 18.3 Å². The van der Waals surface area contributed by atoms with Gasteiger partial charge in [-0.15, -0.1) is 0 Å². The lowest BCUT2D eigenvalue weighted by Gasteiger charge is -2.30. The molecule has 1 heterocycles. The topological polar surface area (TPSA) is 94.0 Å². The Bertz CT molecular complexity index is 1480. The molecule has 9 heteroatoms. The van der Waals surface area contributed by atoms with Gasteiger partial charge in [-0.1, -0.05) is 71.4 Å². The van der Waals surface area contributed by atoms with Crippen molar-refractivity contribution < 1.29 is 9.59 Å². The van der Waals surface area contributed by atoms with Crippen molar-refractivity contribution in [2.75, 3.05) is 16.4 Å². The Balaban J connectivity index is 1.59. The van der Waals surface area contributed by atoms with Gasteiger partial charge in [-0.05, 0) is 61.4 Å². The predicted molar refractivity (Wildman–Crippen MR) is 155 cm³/mol. The van der Waals surface area contributed by atoms with E-state index in [0.717, 1.165) is 11.1 Å². The molecule has 0 aromatic heterocycles. The van der Waals surface area contributed by atoms with Gasteiger partial charge in [0.15, 0.2) is 0 Å². The molecule has 0 fully saturated rings. The summed E-state index contributed by atoms with van der Waals surface area (Å²) in [5.41, 5.74) is 4.27. The van der Waals surface area contributed by atoms with E-state index >= 15 is 0 Å². The highest BCUT2D eigenvalue weighted by Gasteiger charge is 2.34. The van der Waals surface area contributed by atoms with E-state index in [2.05, 4.69) is 22.0 Å². The maximum absolute atomic E-state index is 13.5. The predicted octanol–water partition coefficient (Wildman–Crippen LogP) is 7.01. The van der Waals surface area contributed by atoms with Crippen molar-refractivity contribution in [1.82, 2.24) is 5.32 Å². The number of allylic oxidation sites excluding steroid dienone is 2. The third-order valence-electron chi connectivity index (χ3n) is 5.93. The maximum Gasteiger partial charge on any atom is 0.254 e. The lowest BCUT2D eigenvalue weighted by atomic mass is 9.82. The van der Waals surface area contributed by atoms with Gasteiger partial charge in [0.1, 0.15) is 0 Å². The van der Waals surface area contributed by atoms with E-state index in [4.69, 9.17) is 23.2 Å². The minimum Gasteiger partial charge on any atom is -0.353 e. The molecule has 1 aliphatic rings. The van der Waals surface area contributed by atoms with Crippen LogP contribution in [-0.4, -0.2) is 17.6 Å². The van der Waals surface area contributed by atoms with Crippen LogP contribution >= 0.6 is 35.0 Å².